The van der Waals surface area contributed by atoms with Crippen molar-refractivity contribution in [2.24, 2.45) is 0 Å². The number of benzene rings is 2. The van der Waals surface area contributed by atoms with E-state index in [0.29, 0.717) is 6.54 Å². The Bertz CT molecular complexity index is 1300. The highest BCUT2D eigenvalue weighted by atomic mass is 79.9. The summed E-state index contributed by atoms with van der Waals surface area (Å²) < 4.78 is 8.54. The largest absolute Gasteiger partial charge is 0.444 e. The summed E-state index contributed by atoms with van der Waals surface area (Å²) in [6.07, 6.45) is 2.18. The second-order valence-electron chi connectivity index (χ2n) is 9.46. The number of pyridine rings is 1. The zero-order valence-electron chi connectivity index (χ0n) is 19.6. The zero-order valence-corrected chi connectivity index (χ0v) is 21.2. The molecule has 0 spiro atoms. The minimum absolute atomic E-state index is 0.248. The Labute approximate surface area is 202 Å². The second-order valence-corrected chi connectivity index (χ2v) is 10.4. The van der Waals surface area contributed by atoms with Crippen molar-refractivity contribution in [2.75, 3.05) is 6.54 Å². The molecule has 1 N–H and O–H groups in total. The summed E-state index contributed by atoms with van der Waals surface area (Å²) in [7, 11) is 0. The van der Waals surface area contributed by atoms with Gasteiger partial charge in [0.1, 0.15) is 16.9 Å². The van der Waals surface area contributed by atoms with Crippen molar-refractivity contribution >= 4 is 44.0 Å². The van der Waals surface area contributed by atoms with Crippen LogP contribution in [-0.4, -0.2) is 32.8 Å². The van der Waals surface area contributed by atoms with Gasteiger partial charge in [-0.15, -0.1) is 0 Å². The van der Waals surface area contributed by atoms with Crippen molar-refractivity contribution in [2.45, 2.75) is 52.6 Å². The number of nitrogens with zero attached hydrogens (tertiary/aromatic N) is 3. The maximum atomic E-state index is 11.9. The first kappa shape index (κ1) is 23.2. The molecule has 0 bridgehead atoms. The van der Waals surface area contributed by atoms with E-state index in [1.165, 1.54) is 0 Å². The van der Waals surface area contributed by atoms with Crippen LogP contribution >= 0.6 is 15.9 Å². The molecule has 0 radical (unpaired) electrons. The van der Waals surface area contributed by atoms with Crippen molar-refractivity contribution in [3.05, 3.63) is 64.5 Å². The lowest BCUT2D eigenvalue weighted by atomic mass is 10.1. The first-order valence-corrected chi connectivity index (χ1v) is 11.9. The van der Waals surface area contributed by atoms with Gasteiger partial charge in [-0.25, -0.2) is 9.78 Å². The van der Waals surface area contributed by atoms with Crippen molar-refractivity contribution in [3.8, 4) is 5.69 Å². The van der Waals surface area contributed by atoms with Crippen LogP contribution < -0.4 is 5.32 Å². The maximum Gasteiger partial charge on any atom is 0.407 e. The van der Waals surface area contributed by atoms with E-state index in [0.717, 1.165) is 49.9 Å². The van der Waals surface area contributed by atoms with E-state index in [1.54, 1.807) is 0 Å². The molecule has 4 aromatic rings. The fraction of sp³-hybridized carbons (Fsp3) is 0.346. The van der Waals surface area contributed by atoms with Crippen LogP contribution in [0.25, 0.3) is 27.6 Å². The third kappa shape index (κ3) is 5.19. The minimum Gasteiger partial charge on any atom is -0.444 e. The number of hydrogen-bond donors (Lipinski definition) is 1. The molecular weight excluding hydrogens is 480 g/mol. The molecule has 0 aliphatic rings. The molecule has 172 valence electrons. The predicted molar refractivity (Wildman–Crippen MR) is 136 cm³/mol. The van der Waals surface area contributed by atoms with Crippen molar-refractivity contribution in [1.82, 2.24) is 19.9 Å². The molecular formula is C26H29BrN4O2. The Hall–Kier alpha value is -2.93. The Morgan fingerprint density at radius 3 is 2.52 bits per heavy atom. The van der Waals surface area contributed by atoms with Gasteiger partial charge in [-0.05, 0) is 63.1 Å². The van der Waals surface area contributed by atoms with Gasteiger partial charge in [0.15, 0.2) is 0 Å². The van der Waals surface area contributed by atoms with Crippen LogP contribution in [0, 0.1) is 0 Å². The van der Waals surface area contributed by atoms with E-state index in [9.17, 15) is 4.79 Å². The molecule has 0 fully saturated rings. The standard InChI is InChI=1S/C26H29BrN4O2/c1-16(2)24-30-22-15-29-21-11-8-18(27)14-20(21)23(22)31(24)19-9-6-17(7-10-19)12-13-28-25(32)33-26(3,4)5/h6-11,14-16H,12-13H2,1-5H3,(H,28,32). The number of ether oxygens (including phenoxy) is 1. The van der Waals surface area contributed by atoms with E-state index in [-0.39, 0.29) is 5.92 Å². The van der Waals surface area contributed by atoms with E-state index in [1.807, 2.05) is 39.1 Å². The van der Waals surface area contributed by atoms with Gasteiger partial charge in [0.2, 0.25) is 0 Å². The average molecular weight is 509 g/mol. The summed E-state index contributed by atoms with van der Waals surface area (Å²) in [4.78, 5) is 21.4. The number of imidazole rings is 1. The lowest BCUT2D eigenvalue weighted by Gasteiger charge is -2.19. The number of halogens is 1. The highest BCUT2D eigenvalue weighted by molar-refractivity contribution is 9.10. The van der Waals surface area contributed by atoms with Crippen LogP contribution in [0.15, 0.2) is 53.1 Å². The third-order valence-electron chi connectivity index (χ3n) is 5.26. The summed E-state index contributed by atoms with van der Waals surface area (Å²) in [5, 5.41) is 3.88. The average Bonchev–Trinajstić information content (AvgIpc) is 3.13. The molecule has 0 aliphatic heterocycles. The van der Waals surface area contributed by atoms with Crippen LogP contribution in [0.1, 0.15) is 51.9 Å². The molecule has 0 unspecified atom stereocenters. The molecule has 2 aromatic carbocycles. The number of aromatic nitrogens is 3. The molecule has 0 aliphatic carbocycles. The molecule has 0 atom stereocenters. The van der Waals surface area contributed by atoms with Crippen LogP contribution in [-0.2, 0) is 11.2 Å². The maximum absolute atomic E-state index is 11.9. The van der Waals surface area contributed by atoms with E-state index in [4.69, 9.17) is 9.72 Å². The van der Waals surface area contributed by atoms with Crippen LogP contribution in [0.5, 0.6) is 0 Å². The molecule has 0 saturated heterocycles. The zero-order chi connectivity index (χ0) is 23.8. The fourth-order valence-electron chi connectivity index (χ4n) is 3.83. The van der Waals surface area contributed by atoms with Crippen LogP contribution in [0.2, 0.25) is 0 Å². The van der Waals surface area contributed by atoms with Gasteiger partial charge in [0.05, 0.1) is 17.2 Å². The number of carbonyl (C=O) groups is 1. The predicted octanol–water partition coefficient (Wildman–Crippen LogP) is 6.53. The van der Waals surface area contributed by atoms with Crippen LogP contribution in [0.4, 0.5) is 4.79 Å². The highest BCUT2D eigenvalue weighted by Gasteiger charge is 2.18. The van der Waals surface area contributed by atoms with Gasteiger partial charge < -0.3 is 10.1 Å². The molecule has 6 nitrogen and oxygen atoms in total. The molecule has 0 saturated carbocycles. The van der Waals surface area contributed by atoms with Crippen LogP contribution in [0.3, 0.4) is 0 Å². The summed E-state index contributed by atoms with van der Waals surface area (Å²) in [5.41, 5.74) is 4.58. The Balaban J connectivity index is 1.64. The lowest BCUT2D eigenvalue weighted by molar-refractivity contribution is 0.0528. The Kier molecular flexibility index (Phi) is 6.43. The van der Waals surface area contributed by atoms with Crippen molar-refractivity contribution < 1.29 is 9.53 Å². The third-order valence-corrected chi connectivity index (χ3v) is 5.76. The van der Waals surface area contributed by atoms with Gasteiger partial charge in [-0.1, -0.05) is 41.9 Å². The summed E-state index contributed by atoms with van der Waals surface area (Å²) in [5.74, 6) is 1.25. The normalized spacial score (nSPS) is 12.0. The summed E-state index contributed by atoms with van der Waals surface area (Å²) in [6, 6.07) is 14.5. The fourth-order valence-corrected chi connectivity index (χ4v) is 4.19. The lowest BCUT2D eigenvalue weighted by Crippen LogP contribution is -2.33. The van der Waals surface area contributed by atoms with Gasteiger partial charge in [0, 0.05) is 28.0 Å². The monoisotopic (exact) mass is 508 g/mol. The number of fused-ring (bicyclic) bond motifs is 3. The highest BCUT2D eigenvalue weighted by Crippen LogP contribution is 2.32. The first-order chi connectivity index (χ1) is 15.6. The number of alkyl carbamates (subject to hydrolysis) is 1. The van der Waals surface area contributed by atoms with Crippen molar-refractivity contribution in [3.63, 3.8) is 0 Å². The Morgan fingerprint density at radius 2 is 1.85 bits per heavy atom. The van der Waals surface area contributed by atoms with Gasteiger partial charge in [0.25, 0.3) is 0 Å². The van der Waals surface area contributed by atoms with Gasteiger partial charge in [-0.3, -0.25) is 9.55 Å². The second kappa shape index (κ2) is 9.14. The first-order valence-electron chi connectivity index (χ1n) is 11.1. The minimum atomic E-state index is -0.497. The number of amides is 1. The number of hydrogen-bond acceptors (Lipinski definition) is 4. The molecule has 2 heterocycles. The van der Waals surface area contributed by atoms with Crippen molar-refractivity contribution in [1.29, 1.82) is 0 Å². The van der Waals surface area contributed by atoms with E-state index in [2.05, 4.69) is 75.0 Å². The topological polar surface area (TPSA) is 69.0 Å². The molecule has 4 rings (SSSR count). The molecule has 7 heteroatoms. The van der Waals surface area contributed by atoms with Gasteiger partial charge in [-0.2, -0.15) is 0 Å². The number of carbonyl (C=O) groups excluding carboxylic acids is 1. The number of rotatable bonds is 5. The molecule has 33 heavy (non-hydrogen) atoms. The SMILES string of the molecule is CC(C)c1nc2cnc3ccc(Br)cc3c2n1-c1ccc(CCNC(=O)OC(C)(C)C)cc1. The van der Waals surface area contributed by atoms with E-state index >= 15 is 0 Å². The Morgan fingerprint density at radius 1 is 1.12 bits per heavy atom. The molecule has 1 amide bonds. The summed E-state index contributed by atoms with van der Waals surface area (Å²) in [6.45, 7) is 10.4. The summed E-state index contributed by atoms with van der Waals surface area (Å²) >= 11 is 3.60. The van der Waals surface area contributed by atoms with Gasteiger partial charge >= 0.3 is 6.09 Å². The smallest absolute Gasteiger partial charge is 0.407 e. The molecule has 2 aromatic heterocycles. The number of nitrogens with one attached hydrogen (secondary N) is 1. The quantitative estimate of drug-likeness (QED) is 0.332. The van der Waals surface area contributed by atoms with E-state index < -0.39 is 11.7 Å².